The maximum absolute atomic E-state index is 14.0. The molecule has 3 heterocycles. The molecule has 1 saturated heterocycles. The molecule has 11 heteroatoms. The molecule has 1 amide bonds. The van der Waals surface area contributed by atoms with Crippen LogP contribution >= 0.6 is 11.3 Å². The van der Waals surface area contributed by atoms with Crippen LogP contribution in [-0.2, 0) is 9.84 Å². The van der Waals surface area contributed by atoms with E-state index < -0.39 is 32.6 Å². The number of benzene rings is 1. The Bertz CT molecular complexity index is 1200. The van der Waals surface area contributed by atoms with Crippen LogP contribution in [0.25, 0.3) is 10.6 Å². The largest absolute Gasteiger partial charge is 0.318 e. The second-order valence-corrected chi connectivity index (χ2v) is 10.0. The number of sulfone groups is 1. The Morgan fingerprint density at radius 3 is 2.58 bits per heavy atom. The maximum atomic E-state index is 14.0. The van der Waals surface area contributed by atoms with Crippen molar-refractivity contribution in [3.8, 4) is 10.6 Å². The number of halogens is 2. The number of hydrogen-bond donors (Lipinski definition) is 2. The topological polar surface area (TPSA) is 101 Å². The molecular formula is C20H18F2N4O3S2. The molecule has 7 nitrogen and oxygen atoms in total. The zero-order chi connectivity index (χ0) is 22.0. The van der Waals surface area contributed by atoms with Crippen LogP contribution < -0.4 is 10.6 Å². The predicted molar refractivity (Wildman–Crippen MR) is 113 cm³/mol. The van der Waals surface area contributed by atoms with Crippen LogP contribution in [0, 0.1) is 11.6 Å². The first-order valence-electron chi connectivity index (χ1n) is 9.48. The average molecular weight is 465 g/mol. The van der Waals surface area contributed by atoms with Gasteiger partial charge in [-0.05, 0) is 44.1 Å². The van der Waals surface area contributed by atoms with E-state index >= 15 is 0 Å². The molecule has 0 aliphatic carbocycles. The summed E-state index contributed by atoms with van der Waals surface area (Å²) < 4.78 is 54.2. The number of carbonyl (C=O) groups is 1. The lowest BCUT2D eigenvalue weighted by molar-refractivity contribution is 0.102. The second kappa shape index (κ2) is 8.77. The van der Waals surface area contributed by atoms with Gasteiger partial charge < -0.3 is 10.6 Å². The molecule has 0 atom stereocenters. The van der Waals surface area contributed by atoms with Gasteiger partial charge in [0.05, 0.1) is 27.6 Å². The van der Waals surface area contributed by atoms with Crippen LogP contribution in [0.2, 0.25) is 0 Å². The fourth-order valence-electron chi connectivity index (χ4n) is 3.39. The molecule has 0 unspecified atom stereocenters. The SMILES string of the molecule is O=C(Nc1cnccc1S(=O)(=O)C1CCNCC1)c1csc(-c2c(F)cccc2F)n1. The van der Waals surface area contributed by atoms with Crippen molar-refractivity contribution < 1.29 is 22.0 Å². The van der Waals surface area contributed by atoms with Gasteiger partial charge in [-0.2, -0.15) is 0 Å². The van der Waals surface area contributed by atoms with E-state index in [1.807, 2.05) is 0 Å². The van der Waals surface area contributed by atoms with Crippen molar-refractivity contribution >= 4 is 32.8 Å². The second-order valence-electron chi connectivity index (χ2n) is 6.95. The van der Waals surface area contributed by atoms with Crippen molar-refractivity contribution in [3.63, 3.8) is 0 Å². The zero-order valence-corrected chi connectivity index (χ0v) is 17.8. The molecule has 0 spiro atoms. The number of nitrogens with zero attached hydrogens (tertiary/aromatic N) is 2. The van der Waals surface area contributed by atoms with E-state index in [1.165, 1.54) is 29.9 Å². The summed E-state index contributed by atoms with van der Waals surface area (Å²) >= 11 is 0.910. The van der Waals surface area contributed by atoms with Crippen molar-refractivity contribution in [2.75, 3.05) is 18.4 Å². The predicted octanol–water partition coefficient (Wildman–Crippen LogP) is 3.26. The molecule has 1 aliphatic heterocycles. The van der Waals surface area contributed by atoms with Gasteiger partial charge in [-0.3, -0.25) is 9.78 Å². The van der Waals surface area contributed by atoms with Crippen molar-refractivity contribution in [3.05, 3.63) is 59.4 Å². The molecular weight excluding hydrogens is 446 g/mol. The van der Waals surface area contributed by atoms with E-state index in [9.17, 15) is 22.0 Å². The molecule has 1 aliphatic rings. The Kier molecular flexibility index (Phi) is 6.08. The van der Waals surface area contributed by atoms with Gasteiger partial charge in [-0.1, -0.05) is 6.07 Å². The first-order valence-corrected chi connectivity index (χ1v) is 11.9. The maximum Gasteiger partial charge on any atom is 0.275 e. The van der Waals surface area contributed by atoms with Gasteiger partial charge in [-0.15, -0.1) is 11.3 Å². The van der Waals surface area contributed by atoms with E-state index in [4.69, 9.17) is 0 Å². The highest BCUT2D eigenvalue weighted by Gasteiger charge is 2.31. The highest BCUT2D eigenvalue weighted by molar-refractivity contribution is 7.92. The van der Waals surface area contributed by atoms with Crippen LogP contribution in [0.3, 0.4) is 0 Å². The molecule has 0 radical (unpaired) electrons. The average Bonchev–Trinajstić information content (AvgIpc) is 3.24. The highest BCUT2D eigenvalue weighted by atomic mass is 32.2. The lowest BCUT2D eigenvalue weighted by atomic mass is 10.2. The van der Waals surface area contributed by atoms with Gasteiger partial charge in [0, 0.05) is 11.6 Å². The number of piperidine rings is 1. The van der Waals surface area contributed by atoms with Crippen LogP contribution in [0.5, 0.6) is 0 Å². The van der Waals surface area contributed by atoms with Gasteiger partial charge in [-0.25, -0.2) is 22.2 Å². The molecule has 4 rings (SSSR count). The zero-order valence-electron chi connectivity index (χ0n) is 16.1. The molecule has 3 aromatic rings. The van der Waals surface area contributed by atoms with Crippen molar-refractivity contribution in [2.24, 2.45) is 0 Å². The minimum absolute atomic E-state index is 0.00878. The van der Waals surface area contributed by atoms with Gasteiger partial charge in [0.1, 0.15) is 22.3 Å². The third-order valence-corrected chi connectivity index (χ3v) is 8.15. The third-order valence-electron chi connectivity index (χ3n) is 4.97. The normalized spacial score (nSPS) is 15.0. The summed E-state index contributed by atoms with van der Waals surface area (Å²) in [5, 5.41) is 6.46. The fraction of sp³-hybridized carbons (Fsp3) is 0.250. The molecule has 1 fully saturated rings. The molecule has 2 aromatic heterocycles. The number of anilines is 1. The summed E-state index contributed by atoms with van der Waals surface area (Å²) in [5.74, 6) is -2.28. The summed E-state index contributed by atoms with van der Waals surface area (Å²) in [7, 11) is -3.68. The number of aromatic nitrogens is 2. The monoisotopic (exact) mass is 464 g/mol. The molecule has 31 heavy (non-hydrogen) atoms. The first-order chi connectivity index (χ1) is 14.9. The number of pyridine rings is 1. The lowest BCUT2D eigenvalue weighted by Crippen LogP contribution is -2.36. The summed E-state index contributed by atoms with van der Waals surface area (Å²) in [6.45, 7) is 1.20. The van der Waals surface area contributed by atoms with Gasteiger partial charge in [0.25, 0.3) is 5.91 Å². The Balaban J connectivity index is 1.60. The van der Waals surface area contributed by atoms with Gasteiger partial charge in [0.2, 0.25) is 0 Å². The Morgan fingerprint density at radius 1 is 1.16 bits per heavy atom. The van der Waals surface area contributed by atoms with E-state index in [-0.39, 0.29) is 26.8 Å². The van der Waals surface area contributed by atoms with E-state index in [0.29, 0.717) is 25.9 Å². The first kappa shape index (κ1) is 21.5. The molecule has 2 N–H and O–H groups in total. The summed E-state index contributed by atoms with van der Waals surface area (Å²) in [4.78, 5) is 20.6. The van der Waals surface area contributed by atoms with Gasteiger partial charge in [0.15, 0.2) is 9.84 Å². The van der Waals surface area contributed by atoms with Crippen LogP contribution in [0.1, 0.15) is 23.3 Å². The van der Waals surface area contributed by atoms with Crippen LogP contribution in [0.4, 0.5) is 14.5 Å². The Hall–Kier alpha value is -2.76. The molecule has 162 valence electrons. The number of rotatable bonds is 5. The Labute approximate surface area is 181 Å². The highest BCUT2D eigenvalue weighted by Crippen LogP contribution is 2.30. The van der Waals surface area contributed by atoms with Crippen molar-refractivity contribution in [1.29, 1.82) is 0 Å². The van der Waals surface area contributed by atoms with E-state index in [0.717, 1.165) is 23.5 Å². The molecule has 1 aromatic carbocycles. The van der Waals surface area contributed by atoms with Crippen molar-refractivity contribution in [2.45, 2.75) is 23.0 Å². The van der Waals surface area contributed by atoms with Crippen molar-refractivity contribution in [1.82, 2.24) is 15.3 Å². The quantitative estimate of drug-likeness (QED) is 0.601. The fourth-order valence-corrected chi connectivity index (χ4v) is 6.11. The number of thiazole rings is 1. The standard InChI is InChI=1S/C20H18F2N4O3S2/c21-13-2-1-3-14(22)18(13)20-26-16(11-30-20)19(27)25-15-10-24-9-6-17(15)31(28,29)12-4-7-23-8-5-12/h1-3,6,9-12,23H,4-5,7-8H2,(H,25,27). The summed E-state index contributed by atoms with van der Waals surface area (Å²) in [6, 6.07) is 4.80. The van der Waals surface area contributed by atoms with E-state index in [1.54, 1.807) is 0 Å². The number of amides is 1. The Morgan fingerprint density at radius 2 is 1.87 bits per heavy atom. The third kappa shape index (κ3) is 4.34. The van der Waals surface area contributed by atoms with E-state index in [2.05, 4.69) is 20.6 Å². The number of hydrogen-bond acceptors (Lipinski definition) is 7. The number of carbonyl (C=O) groups excluding carboxylic acids is 1. The minimum atomic E-state index is -3.68. The number of nitrogens with one attached hydrogen (secondary N) is 2. The molecule has 0 saturated carbocycles. The lowest BCUT2D eigenvalue weighted by Gasteiger charge is -2.23. The molecule has 0 bridgehead atoms. The summed E-state index contributed by atoms with van der Waals surface area (Å²) in [6.07, 6.45) is 3.56. The minimum Gasteiger partial charge on any atom is -0.318 e. The van der Waals surface area contributed by atoms with Crippen LogP contribution in [0.15, 0.2) is 46.9 Å². The smallest absolute Gasteiger partial charge is 0.275 e. The summed E-state index contributed by atoms with van der Waals surface area (Å²) in [5.41, 5.74) is -0.364. The van der Waals surface area contributed by atoms with Gasteiger partial charge >= 0.3 is 0 Å². The van der Waals surface area contributed by atoms with Crippen LogP contribution in [-0.4, -0.2) is 42.6 Å².